The molecule has 12 heavy (non-hydrogen) atoms. The Morgan fingerprint density at radius 1 is 1.75 bits per heavy atom. The molecule has 0 saturated heterocycles. The molecule has 0 aliphatic heterocycles. The van der Waals surface area contributed by atoms with Gasteiger partial charge in [-0.1, -0.05) is 11.6 Å². The van der Waals surface area contributed by atoms with Crippen molar-refractivity contribution in [1.82, 2.24) is 4.98 Å². The van der Waals surface area contributed by atoms with E-state index < -0.39 is 5.97 Å². The first-order valence-corrected chi connectivity index (χ1v) is 3.53. The van der Waals surface area contributed by atoms with Gasteiger partial charge in [-0.2, -0.15) is 0 Å². The van der Waals surface area contributed by atoms with Crippen LogP contribution in [0, 0.1) is 0 Å². The van der Waals surface area contributed by atoms with Gasteiger partial charge in [0.05, 0.1) is 17.8 Å². The number of ether oxygens (including phenoxy) is 1. The summed E-state index contributed by atoms with van der Waals surface area (Å²) in [7, 11) is 1.25. The van der Waals surface area contributed by atoms with Gasteiger partial charge in [-0.15, -0.1) is 0 Å². The molecular formula is C7H7ClN2O2. The predicted molar refractivity (Wildman–Crippen MR) is 45.0 cm³/mol. The molecule has 0 fully saturated rings. The van der Waals surface area contributed by atoms with Crippen LogP contribution in [0.15, 0.2) is 12.3 Å². The second kappa shape index (κ2) is 3.40. The molecule has 0 radical (unpaired) electrons. The zero-order valence-electron chi connectivity index (χ0n) is 6.37. The number of carbonyl (C=O) groups excluding carboxylic acids is 1. The standard InChI is InChI=1S/C7H7ClN2O2/c1-12-7(11)6-5(9)4(8)2-3-10-6/h2-3H,9H2,1H3. The highest BCUT2D eigenvalue weighted by Gasteiger charge is 2.12. The summed E-state index contributed by atoms with van der Waals surface area (Å²) in [6, 6.07) is 1.50. The molecule has 0 spiro atoms. The summed E-state index contributed by atoms with van der Waals surface area (Å²) in [6.45, 7) is 0. The highest BCUT2D eigenvalue weighted by molar-refractivity contribution is 6.33. The topological polar surface area (TPSA) is 65.2 Å². The van der Waals surface area contributed by atoms with Crippen LogP contribution in [0.5, 0.6) is 0 Å². The average Bonchev–Trinajstić information content (AvgIpc) is 2.08. The van der Waals surface area contributed by atoms with Crippen LogP contribution in [0.4, 0.5) is 5.69 Å². The third-order valence-electron chi connectivity index (χ3n) is 1.32. The molecule has 1 aromatic heterocycles. The third-order valence-corrected chi connectivity index (χ3v) is 1.65. The van der Waals surface area contributed by atoms with Crippen LogP contribution < -0.4 is 5.73 Å². The molecule has 1 rings (SSSR count). The minimum absolute atomic E-state index is 0.0463. The summed E-state index contributed by atoms with van der Waals surface area (Å²) in [6.07, 6.45) is 1.39. The van der Waals surface area contributed by atoms with Gasteiger partial charge in [0, 0.05) is 6.20 Å². The van der Waals surface area contributed by atoms with Crippen molar-refractivity contribution < 1.29 is 9.53 Å². The maximum Gasteiger partial charge on any atom is 0.358 e. The maximum atomic E-state index is 11.0. The first-order valence-electron chi connectivity index (χ1n) is 3.15. The fourth-order valence-electron chi connectivity index (χ4n) is 0.709. The molecular weight excluding hydrogens is 180 g/mol. The van der Waals surface area contributed by atoms with Gasteiger partial charge in [0.1, 0.15) is 0 Å². The van der Waals surface area contributed by atoms with Gasteiger partial charge >= 0.3 is 5.97 Å². The fourth-order valence-corrected chi connectivity index (χ4v) is 0.855. The summed E-state index contributed by atoms with van der Waals surface area (Å²) in [5.74, 6) is -0.588. The Morgan fingerprint density at radius 3 is 3.00 bits per heavy atom. The molecule has 0 aliphatic carbocycles. The molecule has 1 heterocycles. The van der Waals surface area contributed by atoms with E-state index in [0.29, 0.717) is 5.02 Å². The number of hydrogen-bond donors (Lipinski definition) is 1. The van der Waals surface area contributed by atoms with E-state index >= 15 is 0 Å². The van der Waals surface area contributed by atoms with Gasteiger partial charge in [0.2, 0.25) is 0 Å². The van der Waals surface area contributed by atoms with Gasteiger partial charge in [-0.05, 0) is 6.07 Å². The van der Waals surface area contributed by atoms with Crippen molar-refractivity contribution in [2.75, 3.05) is 12.8 Å². The lowest BCUT2D eigenvalue weighted by Gasteiger charge is -2.02. The van der Waals surface area contributed by atoms with Crippen molar-refractivity contribution in [3.8, 4) is 0 Å². The number of halogens is 1. The number of aromatic nitrogens is 1. The highest BCUT2D eigenvalue weighted by atomic mass is 35.5. The normalized spacial score (nSPS) is 9.50. The van der Waals surface area contributed by atoms with Gasteiger partial charge in [-0.3, -0.25) is 0 Å². The minimum Gasteiger partial charge on any atom is -0.464 e. The van der Waals surface area contributed by atoms with Crippen molar-refractivity contribution in [3.63, 3.8) is 0 Å². The predicted octanol–water partition coefficient (Wildman–Crippen LogP) is 1.10. The van der Waals surface area contributed by atoms with E-state index in [-0.39, 0.29) is 11.4 Å². The van der Waals surface area contributed by atoms with Crippen LogP contribution in [0.2, 0.25) is 5.02 Å². The van der Waals surface area contributed by atoms with Gasteiger partial charge in [-0.25, -0.2) is 9.78 Å². The first-order chi connectivity index (χ1) is 5.66. The lowest BCUT2D eigenvalue weighted by Crippen LogP contribution is -2.08. The average molecular weight is 187 g/mol. The van der Waals surface area contributed by atoms with E-state index in [4.69, 9.17) is 17.3 Å². The van der Waals surface area contributed by atoms with Crippen LogP contribution in [-0.2, 0) is 4.74 Å². The van der Waals surface area contributed by atoms with Crippen molar-refractivity contribution in [1.29, 1.82) is 0 Å². The molecule has 0 aromatic carbocycles. The Morgan fingerprint density at radius 2 is 2.42 bits per heavy atom. The Hall–Kier alpha value is -1.29. The van der Waals surface area contributed by atoms with E-state index in [9.17, 15) is 4.79 Å². The quantitative estimate of drug-likeness (QED) is 0.668. The van der Waals surface area contributed by atoms with E-state index in [1.165, 1.54) is 19.4 Å². The zero-order valence-corrected chi connectivity index (χ0v) is 7.13. The Balaban J connectivity index is 3.16. The molecule has 0 unspecified atom stereocenters. The molecule has 0 saturated carbocycles. The van der Waals surface area contributed by atoms with Gasteiger partial charge < -0.3 is 10.5 Å². The molecule has 5 heteroatoms. The Kier molecular flexibility index (Phi) is 2.50. The summed E-state index contributed by atoms with van der Waals surface area (Å²) >= 11 is 5.64. The van der Waals surface area contributed by atoms with Crippen LogP contribution in [0.25, 0.3) is 0 Å². The lowest BCUT2D eigenvalue weighted by molar-refractivity contribution is 0.0595. The highest BCUT2D eigenvalue weighted by Crippen LogP contribution is 2.20. The molecule has 1 aromatic rings. The number of hydrogen-bond acceptors (Lipinski definition) is 4. The number of methoxy groups -OCH3 is 1. The molecule has 2 N–H and O–H groups in total. The summed E-state index contributed by atoms with van der Waals surface area (Å²) in [5.41, 5.74) is 5.65. The van der Waals surface area contributed by atoms with Crippen molar-refractivity contribution in [2.45, 2.75) is 0 Å². The van der Waals surface area contributed by atoms with Crippen molar-refractivity contribution >= 4 is 23.3 Å². The van der Waals surface area contributed by atoms with Gasteiger partial charge in [0.25, 0.3) is 0 Å². The second-order valence-electron chi connectivity index (χ2n) is 2.05. The van der Waals surface area contributed by atoms with Crippen LogP contribution in [0.3, 0.4) is 0 Å². The molecule has 4 nitrogen and oxygen atoms in total. The van der Waals surface area contributed by atoms with E-state index in [1.54, 1.807) is 0 Å². The van der Waals surface area contributed by atoms with E-state index in [2.05, 4.69) is 9.72 Å². The van der Waals surface area contributed by atoms with Crippen molar-refractivity contribution in [3.05, 3.63) is 23.0 Å². The number of nitrogens with zero attached hydrogens (tertiary/aromatic N) is 1. The fraction of sp³-hybridized carbons (Fsp3) is 0.143. The number of esters is 1. The van der Waals surface area contributed by atoms with Crippen LogP contribution in [0.1, 0.15) is 10.5 Å². The number of anilines is 1. The summed E-state index contributed by atoms with van der Waals surface area (Å²) in [4.78, 5) is 14.7. The van der Waals surface area contributed by atoms with Crippen LogP contribution >= 0.6 is 11.6 Å². The maximum absolute atomic E-state index is 11.0. The molecule has 0 aliphatic rings. The molecule has 0 amide bonds. The van der Waals surface area contributed by atoms with E-state index in [1.807, 2.05) is 0 Å². The zero-order chi connectivity index (χ0) is 9.14. The number of pyridine rings is 1. The molecule has 0 atom stereocenters. The number of nitrogen functional groups attached to an aromatic ring is 1. The van der Waals surface area contributed by atoms with Gasteiger partial charge in [0.15, 0.2) is 5.69 Å². The second-order valence-corrected chi connectivity index (χ2v) is 2.45. The van der Waals surface area contributed by atoms with Crippen LogP contribution in [-0.4, -0.2) is 18.1 Å². The first kappa shape index (κ1) is 8.80. The smallest absolute Gasteiger partial charge is 0.358 e. The lowest BCUT2D eigenvalue weighted by atomic mass is 10.3. The minimum atomic E-state index is -0.588. The van der Waals surface area contributed by atoms with Crippen molar-refractivity contribution in [2.24, 2.45) is 0 Å². The number of nitrogens with two attached hydrogens (primary N) is 1. The third kappa shape index (κ3) is 1.48. The Labute approximate surface area is 74.3 Å². The Bertz CT molecular complexity index is 314. The largest absolute Gasteiger partial charge is 0.464 e. The molecule has 64 valence electrons. The molecule has 0 bridgehead atoms. The summed E-state index contributed by atoms with van der Waals surface area (Å²) in [5, 5.41) is 0.297. The summed E-state index contributed by atoms with van der Waals surface area (Å²) < 4.78 is 4.43. The monoisotopic (exact) mass is 186 g/mol. The van der Waals surface area contributed by atoms with E-state index in [0.717, 1.165) is 0 Å². The SMILES string of the molecule is COC(=O)c1nccc(Cl)c1N. The number of carbonyl (C=O) groups is 1. The number of rotatable bonds is 1.